The summed E-state index contributed by atoms with van der Waals surface area (Å²) in [6.07, 6.45) is 3.40. The molecular weight excluding hydrogens is 230 g/mol. The van der Waals surface area contributed by atoms with E-state index in [0.717, 1.165) is 24.1 Å². The lowest BCUT2D eigenvalue weighted by molar-refractivity contribution is 0.0818. The number of allylic oxidation sites excluding steroid dienone is 1. The van der Waals surface area contributed by atoms with Crippen molar-refractivity contribution < 1.29 is 9.90 Å². The maximum atomic E-state index is 12.1. The molecule has 0 bridgehead atoms. The Morgan fingerprint density at radius 3 is 3.00 bits per heavy atom. The van der Waals surface area contributed by atoms with Gasteiger partial charge >= 0.3 is 0 Å². The van der Waals surface area contributed by atoms with E-state index in [1.54, 1.807) is 20.2 Å². The van der Waals surface area contributed by atoms with Crippen LogP contribution in [-0.2, 0) is 19.4 Å². The number of hydrogen-bond acceptors (Lipinski definition) is 3. The molecule has 0 fully saturated rings. The van der Waals surface area contributed by atoms with Gasteiger partial charge in [0.25, 0.3) is 5.91 Å². The molecule has 1 N–H and O–H groups in total. The van der Waals surface area contributed by atoms with Gasteiger partial charge in [0.05, 0.1) is 12.6 Å². The first-order valence-electron chi connectivity index (χ1n) is 6.13. The Labute approximate surface area is 107 Å². The molecule has 0 aliphatic heterocycles. The first-order chi connectivity index (χ1) is 8.54. The van der Waals surface area contributed by atoms with Gasteiger partial charge in [-0.1, -0.05) is 6.08 Å². The Morgan fingerprint density at radius 2 is 2.39 bits per heavy atom. The summed E-state index contributed by atoms with van der Waals surface area (Å²) in [6, 6.07) is 0. The average molecular weight is 249 g/mol. The molecule has 0 spiro atoms. The standard InChI is InChI=1S/C13H19N3O2/c1-4-7-16-11-6-5-9(17)8-10(11)12(14-16)13(18)15(2)3/h4,9,17H,1,5-8H2,2-3H3. The van der Waals surface area contributed by atoms with Gasteiger partial charge in [-0.05, 0) is 12.8 Å². The van der Waals surface area contributed by atoms with Crippen LogP contribution in [0.4, 0.5) is 0 Å². The largest absolute Gasteiger partial charge is 0.393 e. The number of hydrogen-bond donors (Lipinski definition) is 1. The van der Waals surface area contributed by atoms with Crippen LogP contribution in [0.1, 0.15) is 28.2 Å². The van der Waals surface area contributed by atoms with Crippen molar-refractivity contribution in [1.82, 2.24) is 14.7 Å². The Balaban J connectivity index is 2.46. The molecular formula is C13H19N3O2. The van der Waals surface area contributed by atoms with Crippen molar-refractivity contribution in [3.8, 4) is 0 Å². The van der Waals surface area contributed by atoms with Crippen LogP contribution in [0.2, 0.25) is 0 Å². The Morgan fingerprint density at radius 1 is 1.67 bits per heavy atom. The third kappa shape index (κ3) is 2.18. The van der Waals surface area contributed by atoms with E-state index in [4.69, 9.17) is 0 Å². The maximum absolute atomic E-state index is 12.1. The van der Waals surface area contributed by atoms with Crippen molar-refractivity contribution in [1.29, 1.82) is 0 Å². The molecule has 0 saturated carbocycles. The number of nitrogens with zero attached hydrogens (tertiary/aromatic N) is 3. The van der Waals surface area contributed by atoms with Crippen LogP contribution in [0.5, 0.6) is 0 Å². The molecule has 18 heavy (non-hydrogen) atoms. The van der Waals surface area contributed by atoms with Crippen LogP contribution in [0.25, 0.3) is 0 Å². The summed E-state index contributed by atoms with van der Waals surface area (Å²) in [6.45, 7) is 4.30. The lowest BCUT2D eigenvalue weighted by Crippen LogP contribution is -2.25. The number of aromatic nitrogens is 2. The molecule has 1 unspecified atom stereocenters. The fourth-order valence-electron chi connectivity index (χ4n) is 2.33. The molecule has 98 valence electrons. The number of amides is 1. The number of carbonyl (C=O) groups excluding carboxylic acids is 1. The molecule has 5 heteroatoms. The molecule has 2 rings (SSSR count). The molecule has 1 aliphatic carbocycles. The molecule has 1 aromatic heterocycles. The second-order valence-corrected chi connectivity index (χ2v) is 4.84. The minimum Gasteiger partial charge on any atom is -0.393 e. The Kier molecular flexibility index (Phi) is 3.52. The Bertz CT molecular complexity index is 477. The molecule has 0 saturated heterocycles. The summed E-state index contributed by atoms with van der Waals surface area (Å²) >= 11 is 0. The fraction of sp³-hybridized carbons (Fsp3) is 0.538. The highest BCUT2D eigenvalue weighted by Gasteiger charge is 2.28. The van der Waals surface area contributed by atoms with Crippen LogP contribution in [-0.4, -0.2) is 45.9 Å². The first-order valence-corrected chi connectivity index (χ1v) is 6.13. The molecule has 1 amide bonds. The maximum Gasteiger partial charge on any atom is 0.274 e. The molecule has 5 nitrogen and oxygen atoms in total. The summed E-state index contributed by atoms with van der Waals surface area (Å²) in [7, 11) is 3.42. The van der Waals surface area contributed by atoms with E-state index in [1.807, 2.05) is 4.68 Å². The van der Waals surface area contributed by atoms with E-state index in [2.05, 4.69) is 11.7 Å². The van der Waals surface area contributed by atoms with E-state index in [9.17, 15) is 9.90 Å². The van der Waals surface area contributed by atoms with Crippen molar-refractivity contribution in [2.24, 2.45) is 0 Å². The molecule has 1 aliphatic rings. The van der Waals surface area contributed by atoms with Crippen molar-refractivity contribution >= 4 is 5.91 Å². The predicted molar refractivity (Wildman–Crippen MR) is 68.5 cm³/mol. The summed E-state index contributed by atoms with van der Waals surface area (Å²) in [4.78, 5) is 13.6. The third-order valence-electron chi connectivity index (χ3n) is 3.23. The summed E-state index contributed by atoms with van der Waals surface area (Å²) in [5.74, 6) is -0.108. The smallest absolute Gasteiger partial charge is 0.274 e. The van der Waals surface area contributed by atoms with Crippen molar-refractivity contribution in [2.75, 3.05) is 14.1 Å². The number of carbonyl (C=O) groups is 1. The normalized spacial score (nSPS) is 18.3. The monoisotopic (exact) mass is 249 g/mol. The highest BCUT2D eigenvalue weighted by molar-refractivity contribution is 5.93. The van der Waals surface area contributed by atoms with Gasteiger partial charge in [-0.3, -0.25) is 9.48 Å². The second-order valence-electron chi connectivity index (χ2n) is 4.84. The zero-order valence-electron chi connectivity index (χ0n) is 10.9. The lowest BCUT2D eigenvalue weighted by atomic mass is 9.93. The van der Waals surface area contributed by atoms with Gasteiger partial charge in [-0.2, -0.15) is 5.10 Å². The van der Waals surface area contributed by atoms with Gasteiger partial charge in [-0.25, -0.2) is 0 Å². The van der Waals surface area contributed by atoms with Gasteiger partial charge in [0, 0.05) is 31.8 Å². The van der Waals surface area contributed by atoms with Crippen LogP contribution in [0.15, 0.2) is 12.7 Å². The summed E-state index contributed by atoms with van der Waals surface area (Å²) in [5.41, 5.74) is 2.43. The number of rotatable bonds is 3. The number of aliphatic hydroxyl groups excluding tert-OH is 1. The van der Waals surface area contributed by atoms with Gasteiger partial charge in [0.15, 0.2) is 5.69 Å². The lowest BCUT2D eigenvalue weighted by Gasteiger charge is -2.19. The quantitative estimate of drug-likeness (QED) is 0.799. The van der Waals surface area contributed by atoms with E-state index in [-0.39, 0.29) is 12.0 Å². The van der Waals surface area contributed by atoms with E-state index >= 15 is 0 Å². The Hall–Kier alpha value is -1.62. The average Bonchev–Trinajstić information content (AvgIpc) is 2.67. The molecule has 0 aromatic carbocycles. The number of fused-ring (bicyclic) bond motifs is 1. The second kappa shape index (κ2) is 4.94. The van der Waals surface area contributed by atoms with Crippen molar-refractivity contribution in [3.63, 3.8) is 0 Å². The molecule has 1 heterocycles. The van der Waals surface area contributed by atoms with Gasteiger partial charge in [0.1, 0.15) is 0 Å². The molecule has 1 atom stereocenters. The van der Waals surface area contributed by atoms with Crippen LogP contribution < -0.4 is 0 Å². The first kappa shape index (κ1) is 12.8. The summed E-state index contributed by atoms with van der Waals surface area (Å²) < 4.78 is 1.82. The van der Waals surface area contributed by atoms with E-state index < -0.39 is 0 Å². The topological polar surface area (TPSA) is 58.4 Å². The van der Waals surface area contributed by atoms with Gasteiger partial charge in [0.2, 0.25) is 0 Å². The van der Waals surface area contributed by atoms with Crippen LogP contribution >= 0.6 is 0 Å². The fourth-order valence-corrected chi connectivity index (χ4v) is 2.33. The SMILES string of the molecule is C=CCn1nc(C(=O)N(C)C)c2c1CCC(O)C2. The van der Waals surface area contributed by atoms with Crippen molar-refractivity contribution in [3.05, 3.63) is 29.6 Å². The third-order valence-corrected chi connectivity index (χ3v) is 3.23. The van der Waals surface area contributed by atoms with Gasteiger partial charge in [-0.15, -0.1) is 6.58 Å². The zero-order chi connectivity index (χ0) is 13.3. The highest BCUT2D eigenvalue weighted by Crippen LogP contribution is 2.25. The molecule has 1 aromatic rings. The number of aliphatic hydroxyl groups is 1. The van der Waals surface area contributed by atoms with Crippen LogP contribution in [0, 0.1) is 0 Å². The van der Waals surface area contributed by atoms with Crippen molar-refractivity contribution in [2.45, 2.75) is 31.9 Å². The minimum absolute atomic E-state index is 0.108. The van der Waals surface area contributed by atoms with E-state index in [1.165, 1.54) is 4.90 Å². The molecule has 0 radical (unpaired) electrons. The van der Waals surface area contributed by atoms with Gasteiger partial charge < -0.3 is 10.0 Å². The van der Waals surface area contributed by atoms with E-state index in [0.29, 0.717) is 18.7 Å². The predicted octanol–water partition coefficient (Wildman–Crippen LogP) is 0.620. The minimum atomic E-state index is -0.368. The highest BCUT2D eigenvalue weighted by atomic mass is 16.3. The van der Waals surface area contributed by atoms with Crippen LogP contribution in [0.3, 0.4) is 0 Å². The summed E-state index contributed by atoms with van der Waals surface area (Å²) in [5, 5.41) is 14.1. The zero-order valence-corrected chi connectivity index (χ0v) is 10.9.